The van der Waals surface area contributed by atoms with Crippen molar-refractivity contribution in [2.75, 3.05) is 12.4 Å². The summed E-state index contributed by atoms with van der Waals surface area (Å²) in [7, 11) is 1.59. The molecule has 0 aliphatic carbocycles. The minimum absolute atomic E-state index is 0.0365. The zero-order chi connectivity index (χ0) is 11.3. The highest BCUT2D eigenvalue weighted by Gasteiger charge is 2.04. The number of hydrogen-bond donors (Lipinski definition) is 1. The van der Waals surface area contributed by atoms with E-state index in [9.17, 15) is 0 Å². The van der Waals surface area contributed by atoms with Crippen LogP contribution in [0.25, 0.3) is 0 Å². The van der Waals surface area contributed by atoms with E-state index in [0.717, 1.165) is 12.1 Å². The van der Waals surface area contributed by atoms with Crippen LogP contribution in [0.1, 0.15) is 13.3 Å². The average Bonchev–Trinajstić information content (AvgIpc) is 2.26. The normalized spacial score (nSPS) is 11.6. The van der Waals surface area contributed by atoms with E-state index in [1.807, 2.05) is 19.1 Å². The van der Waals surface area contributed by atoms with Crippen molar-refractivity contribution in [1.29, 1.82) is 0 Å². The first-order chi connectivity index (χ1) is 7.21. The number of terminal acetylenes is 1. The molecule has 1 rings (SSSR count). The van der Waals surface area contributed by atoms with Gasteiger partial charge in [0.1, 0.15) is 5.75 Å². The Morgan fingerprint density at radius 3 is 2.80 bits per heavy atom. The van der Waals surface area contributed by atoms with Crippen LogP contribution in [0.4, 0.5) is 5.69 Å². The Labute approximate surface area is 95.6 Å². The Hall–Kier alpha value is -1.33. The van der Waals surface area contributed by atoms with Gasteiger partial charge in [-0.15, -0.1) is 6.42 Å². The number of ether oxygens (including phenoxy) is 1. The third-order valence-electron chi connectivity index (χ3n) is 2.10. The van der Waals surface area contributed by atoms with Gasteiger partial charge in [0.15, 0.2) is 0 Å². The maximum atomic E-state index is 5.98. The summed E-state index contributed by atoms with van der Waals surface area (Å²) in [6, 6.07) is 5.55. The molecule has 0 amide bonds. The first-order valence-electron chi connectivity index (χ1n) is 4.77. The fourth-order valence-corrected chi connectivity index (χ4v) is 1.48. The summed E-state index contributed by atoms with van der Waals surface area (Å²) < 4.78 is 5.06. The van der Waals surface area contributed by atoms with Crippen molar-refractivity contribution < 1.29 is 4.74 Å². The SMILES string of the molecule is C#CC(CC)Nc1ccc(OC)c(Cl)c1. The summed E-state index contributed by atoms with van der Waals surface area (Å²) in [6.07, 6.45) is 6.23. The third kappa shape index (κ3) is 3.07. The molecule has 0 aromatic heterocycles. The van der Waals surface area contributed by atoms with E-state index in [0.29, 0.717) is 10.8 Å². The lowest BCUT2D eigenvalue weighted by Gasteiger charge is -2.13. The zero-order valence-corrected chi connectivity index (χ0v) is 9.64. The molecule has 1 N–H and O–H groups in total. The first-order valence-corrected chi connectivity index (χ1v) is 5.15. The molecule has 80 valence electrons. The van der Waals surface area contributed by atoms with Gasteiger partial charge in [-0.05, 0) is 24.6 Å². The second kappa shape index (κ2) is 5.53. The second-order valence-corrected chi connectivity index (χ2v) is 3.53. The van der Waals surface area contributed by atoms with Crippen LogP contribution >= 0.6 is 11.6 Å². The molecule has 0 aliphatic rings. The molecule has 0 spiro atoms. The van der Waals surface area contributed by atoms with Crippen LogP contribution in [-0.2, 0) is 0 Å². The van der Waals surface area contributed by atoms with E-state index in [1.54, 1.807) is 13.2 Å². The molecule has 0 saturated heterocycles. The van der Waals surface area contributed by atoms with Crippen molar-refractivity contribution in [1.82, 2.24) is 0 Å². The van der Waals surface area contributed by atoms with Crippen LogP contribution in [-0.4, -0.2) is 13.2 Å². The summed E-state index contributed by atoms with van der Waals surface area (Å²) in [5.74, 6) is 3.33. The lowest BCUT2D eigenvalue weighted by Crippen LogP contribution is -2.15. The lowest BCUT2D eigenvalue weighted by atomic mass is 10.2. The van der Waals surface area contributed by atoms with E-state index < -0.39 is 0 Å². The Balaban J connectivity index is 2.80. The molecule has 0 saturated carbocycles. The van der Waals surface area contributed by atoms with Crippen LogP contribution in [0.2, 0.25) is 5.02 Å². The molecule has 1 aromatic rings. The van der Waals surface area contributed by atoms with Gasteiger partial charge in [0.25, 0.3) is 0 Å². The summed E-state index contributed by atoms with van der Waals surface area (Å²) >= 11 is 5.98. The summed E-state index contributed by atoms with van der Waals surface area (Å²) in [6.45, 7) is 2.03. The van der Waals surface area contributed by atoms with Crippen LogP contribution in [0.5, 0.6) is 5.75 Å². The van der Waals surface area contributed by atoms with Gasteiger partial charge in [-0.3, -0.25) is 0 Å². The molecular formula is C12H14ClNO. The quantitative estimate of drug-likeness (QED) is 0.792. The van der Waals surface area contributed by atoms with Gasteiger partial charge in [0.05, 0.1) is 18.2 Å². The summed E-state index contributed by atoms with van der Waals surface area (Å²) in [5.41, 5.74) is 0.908. The van der Waals surface area contributed by atoms with Gasteiger partial charge in [0.2, 0.25) is 0 Å². The molecule has 3 heteroatoms. The number of methoxy groups -OCH3 is 1. The number of anilines is 1. The van der Waals surface area contributed by atoms with Crippen molar-refractivity contribution in [2.45, 2.75) is 19.4 Å². The van der Waals surface area contributed by atoms with Gasteiger partial charge >= 0.3 is 0 Å². The smallest absolute Gasteiger partial charge is 0.137 e. The topological polar surface area (TPSA) is 21.3 Å². The molecule has 0 heterocycles. The Kier molecular flexibility index (Phi) is 4.33. The van der Waals surface area contributed by atoms with E-state index in [1.165, 1.54) is 0 Å². The van der Waals surface area contributed by atoms with Crippen LogP contribution in [0.15, 0.2) is 18.2 Å². The van der Waals surface area contributed by atoms with E-state index >= 15 is 0 Å². The molecule has 2 nitrogen and oxygen atoms in total. The Morgan fingerprint density at radius 1 is 1.60 bits per heavy atom. The minimum Gasteiger partial charge on any atom is -0.495 e. The monoisotopic (exact) mass is 223 g/mol. The van der Waals surface area contributed by atoms with E-state index in [2.05, 4.69) is 11.2 Å². The number of rotatable bonds is 4. The van der Waals surface area contributed by atoms with Crippen molar-refractivity contribution in [3.05, 3.63) is 23.2 Å². The molecule has 1 atom stereocenters. The highest BCUT2D eigenvalue weighted by Crippen LogP contribution is 2.27. The number of nitrogens with one attached hydrogen (secondary N) is 1. The van der Waals surface area contributed by atoms with Gasteiger partial charge in [-0.2, -0.15) is 0 Å². The second-order valence-electron chi connectivity index (χ2n) is 3.12. The zero-order valence-electron chi connectivity index (χ0n) is 8.88. The Bertz CT molecular complexity index is 370. The van der Waals surface area contributed by atoms with E-state index in [-0.39, 0.29) is 6.04 Å². The first kappa shape index (κ1) is 11.7. The number of halogens is 1. The van der Waals surface area contributed by atoms with Crippen LogP contribution in [0, 0.1) is 12.3 Å². The molecule has 0 fully saturated rings. The number of benzene rings is 1. The third-order valence-corrected chi connectivity index (χ3v) is 2.40. The van der Waals surface area contributed by atoms with Crippen molar-refractivity contribution in [3.63, 3.8) is 0 Å². The molecule has 0 bridgehead atoms. The van der Waals surface area contributed by atoms with Crippen LogP contribution < -0.4 is 10.1 Å². The van der Waals surface area contributed by atoms with Gasteiger partial charge < -0.3 is 10.1 Å². The van der Waals surface area contributed by atoms with Crippen molar-refractivity contribution in [3.8, 4) is 18.1 Å². The maximum Gasteiger partial charge on any atom is 0.137 e. The standard InChI is InChI=1S/C12H14ClNO/c1-4-9(5-2)14-10-6-7-12(15-3)11(13)8-10/h1,6-9,14H,5H2,2-3H3. The lowest BCUT2D eigenvalue weighted by molar-refractivity contribution is 0.415. The summed E-state index contributed by atoms with van der Waals surface area (Å²) in [5, 5.41) is 3.77. The van der Waals surface area contributed by atoms with Gasteiger partial charge in [-0.25, -0.2) is 0 Å². The average molecular weight is 224 g/mol. The highest BCUT2D eigenvalue weighted by atomic mass is 35.5. The van der Waals surface area contributed by atoms with Crippen molar-refractivity contribution in [2.24, 2.45) is 0 Å². The fraction of sp³-hybridized carbons (Fsp3) is 0.333. The molecule has 1 aromatic carbocycles. The highest BCUT2D eigenvalue weighted by molar-refractivity contribution is 6.32. The predicted octanol–water partition coefficient (Wildman–Crippen LogP) is 3.17. The van der Waals surface area contributed by atoms with Crippen LogP contribution in [0.3, 0.4) is 0 Å². The molecule has 0 radical (unpaired) electrons. The van der Waals surface area contributed by atoms with Gasteiger partial charge in [0, 0.05) is 5.69 Å². The maximum absolute atomic E-state index is 5.98. The van der Waals surface area contributed by atoms with Crippen molar-refractivity contribution >= 4 is 17.3 Å². The molecule has 0 aliphatic heterocycles. The number of hydrogen-bond acceptors (Lipinski definition) is 2. The predicted molar refractivity (Wildman–Crippen MR) is 64.5 cm³/mol. The van der Waals surface area contributed by atoms with Gasteiger partial charge in [-0.1, -0.05) is 24.4 Å². The Morgan fingerprint density at radius 2 is 2.33 bits per heavy atom. The molecule has 15 heavy (non-hydrogen) atoms. The van der Waals surface area contributed by atoms with E-state index in [4.69, 9.17) is 22.8 Å². The largest absolute Gasteiger partial charge is 0.495 e. The molecular weight excluding hydrogens is 210 g/mol. The fourth-order valence-electron chi connectivity index (χ4n) is 1.22. The summed E-state index contributed by atoms with van der Waals surface area (Å²) in [4.78, 5) is 0. The minimum atomic E-state index is 0.0365. The molecule has 1 unspecified atom stereocenters.